The number of nitriles is 1. The number of pyridine rings is 1. The SMILES string of the molecule is C[C@@H](O)[C@H]1C(=O)N2C(C(=O)O)=C(c3cccnc3C(=O)OCCC#N)S[C@H]12. The smallest absolute Gasteiger partial charge is 0.357 e. The van der Waals surface area contributed by atoms with E-state index in [1.165, 1.54) is 25.3 Å². The van der Waals surface area contributed by atoms with E-state index in [0.717, 1.165) is 16.7 Å². The van der Waals surface area contributed by atoms with E-state index in [9.17, 15) is 24.6 Å². The lowest BCUT2D eigenvalue weighted by atomic mass is 9.92. The number of hydrogen-bond donors (Lipinski definition) is 2. The number of aromatic nitrogens is 1. The number of carboxylic acids is 1. The van der Waals surface area contributed by atoms with Gasteiger partial charge in [-0.05, 0) is 19.1 Å². The van der Waals surface area contributed by atoms with E-state index in [0.29, 0.717) is 0 Å². The molecule has 1 aromatic heterocycles. The minimum atomic E-state index is -1.31. The molecule has 1 aromatic rings. The molecule has 0 bridgehead atoms. The predicted octanol–water partition coefficient (Wildman–Crippen LogP) is 0.817. The van der Waals surface area contributed by atoms with Crippen LogP contribution in [0.5, 0.6) is 0 Å². The summed E-state index contributed by atoms with van der Waals surface area (Å²) in [6.07, 6.45) is 0.459. The molecule has 3 atom stereocenters. The van der Waals surface area contributed by atoms with Crippen LogP contribution in [0.3, 0.4) is 0 Å². The lowest BCUT2D eigenvalue weighted by Crippen LogP contribution is -2.60. The van der Waals surface area contributed by atoms with Crippen molar-refractivity contribution in [2.75, 3.05) is 6.61 Å². The van der Waals surface area contributed by atoms with E-state index >= 15 is 0 Å². The number of thioether (sulfide) groups is 1. The Morgan fingerprint density at radius 3 is 2.89 bits per heavy atom. The van der Waals surface area contributed by atoms with Crippen molar-refractivity contribution in [3.8, 4) is 6.07 Å². The fourth-order valence-electron chi connectivity index (χ4n) is 2.98. The zero-order valence-corrected chi connectivity index (χ0v) is 15.0. The molecule has 0 saturated carbocycles. The minimum Gasteiger partial charge on any atom is -0.477 e. The summed E-state index contributed by atoms with van der Waals surface area (Å²) in [5.74, 6) is -3.29. The number of carbonyl (C=O) groups excluding carboxylic acids is 2. The van der Waals surface area contributed by atoms with Crippen molar-refractivity contribution >= 4 is 34.5 Å². The fourth-order valence-corrected chi connectivity index (χ4v) is 4.62. The number of carboxylic acid groups (broad SMARTS) is 1. The lowest BCUT2D eigenvalue weighted by molar-refractivity contribution is -0.156. The van der Waals surface area contributed by atoms with E-state index in [2.05, 4.69) is 4.98 Å². The number of fused-ring (bicyclic) bond motifs is 1. The standard InChI is InChI=1S/C17H15N3O6S/c1-8(21)10-14(22)20-12(16(23)24)13(27-15(10)20)9-4-2-6-19-11(9)17(25)26-7-3-5-18/h2,4,6,8,10,15,21H,3,7H2,1H3,(H,23,24)/t8-,10+,15-/m1/s1. The summed E-state index contributed by atoms with van der Waals surface area (Å²) in [7, 11) is 0. The molecule has 2 aliphatic rings. The number of β-lactam (4-membered cyclic amide) rings is 1. The normalized spacial score (nSPS) is 22.0. The van der Waals surface area contributed by atoms with Crippen LogP contribution in [-0.4, -0.2) is 56.0 Å². The third-order valence-electron chi connectivity index (χ3n) is 4.19. The van der Waals surface area contributed by atoms with Gasteiger partial charge in [0.2, 0.25) is 5.91 Å². The minimum absolute atomic E-state index is 0.0200. The van der Waals surface area contributed by atoms with Crippen LogP contribution >= 0.6 is 11.8 Å². The van der Waals surface area contributed by atoms with Crippen LogP contribution in [0, 0.1) is 17.2 Å². The van der Waals surface area contributed by atoms with Crippen molar-refractivity contribution < 1.29 is 29.3 Å². The first-order valence-corrected chi connectivity index (χ1v) is 8.91. The van der Waals surface area contributed by atoms with Gasteiger partial charge in [0.05, 0.1) is 29.4 Å². The van der Waals surface area contributed by atoms with Gasteiger partial charge in [-0.25, -0.2) is 14.6 Å². The summed E-state index contributed by atoms with van der Waals surface area (Å²) in [4.78, 5) is 41.7. The number of hydrogen-bond acceptors (Lipinski definition) is 8. The first-order valence-electron chi connectivity index (χ1n) is 8.03. The zero-order chi connectivity index (χ0) is 19.7. The number of nitrogens with zero attached hydrogens (tertiary/aromatic N) is 3. The molecular weight excluding hydrogens is 374 g/mol. The topological polar surface area (TPSA) is 141 Å². The third kappa shape index (κ3) is 3.15. The Balaban J connectivity index is 1.99. The Labute approximate surface area is 158 Å². The predicted molar refractivity (Wildman–Crippen MR) is 92.7 cm³/mol. The zero-order valence-electron chi connectivity index (χ0n) is 14.2. The maximum atomic E-state index is 12.3. The second-order valence-corrected chi connectivity index (χ2v) is 7.04. The maximum Gasteiger partial charge on any atom is 0.357 e. The first kappa shape index (κ1) is 18.9. The van der Waals surface area contributed by atoms with Gasteiger partial charge in [-0.2, -0.15) is 5.26 Å². The van der Waals surface area contributed by atoms with Gasteiger partial charge in [0.1, 0.15) is 17.7 Å². The molecule has 10 heteroatoms. The van der Waals surface area contributed by atoms with Gasteiger partial charge in [0, 0.05) is 11.8 Å². The highest BCUT2D eigenvalue weighted by molar-refractivity contribution is 8.09. The molecule has 27 heavy (non-hydrogen) atoms. The van der Waals surface area contributed by atoms with Crippen molar-refractivity contribution in [3.63, 3.8) is 0 Å². The van der Waals surface area contributed by atoms with E-state index < -0.39 is 35.2 Å². The number of esters is 1. The number of carbonyl (C=O) groups is 3. The molecule has 0 aromatic carbocycles. The molecule has 1 saturated heterocycles. The van der Waals surface area contributed by atoms with E-state index in [-0.39, 0.29) is 34.9 Å². The summed E-state index contributed by atoms with van der Waals surface area (Å²) in [5, 5.41) is 27.4. The van der Waals surface area contributed by atoms with Gasteiger partial charge in [-0.15, -0.1) is 0 Å². The van der Waals surface area contributed by atoms with E-state index in [4.69, 9.17) is 10.00 Å². The molecule has 2 N–H and O–H groups in total. The molecule has 2 aliphatic heterocycles. The Morgan fingerprint density at radius 2 is 2.26 bits per heavy atom. The number of aliphatic hydroxyl groups is 1. The number of ether oxygens (including phenoxy) is 1. The highest BCUT2D eigenvalue weighted by Crippen LogP contribution is 2.54. The number of aliphatic carboxylic acids is 1. The lowest BCUT2D eigenvalue weighted by Gasteiger charge is -2.43. The molecule has 3 heterocycles. The van der Waals surface area contributed by atoms with Crippen molar-refractivity contribution in [3.05, 3.63) is 35.3 Å². The van der Waals surface area contributed by atoms with Crippen LogP contribution < -0.4 is 0 Å². The number of aliphatic hydroxyl groups excluding tert-OH is 1. The molecule has 9 nitrogen and oxygen atoms in total. The molecule has 0 unspecified atom stereocenters. The van der Waals surface area contributed by atoms with Gasteiger partial charge in [-0.1, -0.05) is 11.8 Å². The summed E-state index contributed by atoms with van der Waals surface area (Å²) < 4.78 is 4.99. The van der Waals surface area contributed by atoms with Crippen molar-refractivity contribution in [1.82, 2.24) is 9.88 Å². The molecule has 0 aliphatic carbocycles. The average molecular weight is 389 g/mol. The third-order valence-corrected chi connectivity index (χ3v) is 5.59. The van der Waals surface area contributed by atoms with E-state index in [1.807, 2.05) is 6.07 Å². The van der Waals surface area contributed by atoms with Gasteiger partial charge in [-0.3, -0.25) is 9.69 Å². The highest BCUT2D eigenvalue weighted by atomic mass is 32.2. The Kier molecular flexibility index (Phi) is 5.16. The summed E-state index contributed by atoms with van der Waals surface area (Å²) in [5.41, 5.74) is -0.111. The van der Waals surface area contributed by atoms with Gasteiger partial charge in [0.25, 0.3) is 0 Å². The molecule has 1 fully saturated rings. The van der Waals surface area contributed by atoms with Crippen LogP contribution in [0.2, 0.25) is 0 Å². The van der Waals surface area contributed by atoms with Crippen LogP contribution in [0.4, 0.5) is 0 Å². The monoisotopic (exact) mass is 389 g/mol. The Morgan fingerprint density at radius 1 is 1.52 bits per heavy atom. The fraction of sp³-hybridized carbons (Fsp3) is 0.353. The van der Waals surface area contributed by atoms with Crippen LogP contribution in [0.15, 0.2) is 24.0 Å². The Hall–Kier alpha value is -2.90. The summed E-state index contributed by atoms with van der Waals surface area (Å²) >= 11 is 1.09. The molecule has 0 radical (unpaired) electrons. The van der Waals surface area contributed by atoms with Crippen LogP contribution in [0.1, 0.15) is 29.4 Å². The summed E-state index contributed by atoms with van der Waals surface area (Å²) in [6.45, 7) is 1.36. The average Bonchev–Trinajstić information content (AvgIpc) is 2.96. The quantitative estimate of drug-likeness (QED) is 0.411. The van der Waals surface area contributed by atoms with Crippen molar-refractivity contribution in [2.45, 2.75) is 24.8 Å². The maximum absolute atomic E-state index is 12.3. The van der Waals surface area contributed by atoms with Crippen LogP contribution in [-0.2, 0) is 14.3 Å². The molecular formula is C17H15N3O6S. The van der Waals surface area contributed by atoms with Gasteiger partial charge in [0.15, 0.2) is 5.69 Å². The molecule has 1 amide bonds. The molecule has 3 rings (SSSR count). The molecule has 140 valence electrons. The van der Waals surface area contributed by atoms with Crippen molar-refractivity contribution in [2.24, 2.45) is 5.92 Å². The first-order chi connectivity index (χ1) is 12.9. The van der Waals surface area contributed by atoms with Gasteiger partial charge >= 0.3 is 11.9 Å². The van der Waals surface area contributed by atoms with E-state index in [1.54, 1.807) is 0 Å². The molecule has 0 spiro atoms. The largest absolute Gasteiger partial charge is 0.477 e. The second kappa shape index (κ2) is 7.38. The van der Waals surface area contributed by atoms with Crippen molar-refractivity contribution in [1.29, 1.82) is 5.26 Å². The van der Waals surface area contributed by atoms with Crippen LogP contribution in [0.25, 0.3) is 4.91 Å². The number of rotatable bonds is 6. The Bertz CT molecular complexity index is 891. The summed E-state index contributed by atoms with van der Waals surface area (Å²) in [6, 6.07) is 4.91. The second-order valence-electron chi connectivity index (χ2n) is 5.91. The highest BCUT2D eigenvalue weighted by Gasteiger charge is 2.58. The number of amides is 1. The van der Waals surface area contributed by atoms with Gasteiger partial charge < -0.3 is 14.9 Å².